The Balaban J connectivity index is 2.62. The van der Waals surface area contributed by atoms with Gasteiger partial charge in [0.25, 0.3) is 0 Å². The molecule has 0 aliphatic rings. The number of nitrogens with zero attached hydrogens (tertiary/aromatic N) is 1. The fourth-order valence-corrected chi connectivity index (χ4v) is 1.51. The van der Waals surface area contributed by atoms with Crippen LogP contribution in [0.3, 0.4) is 0 Å². The van der Waals surface area contributed by atoms with Crippen LogP contribution < -0.4 is 0 Å². The lowest BCUT2D eigenvalue weighted by Gasteiger charge is -2.07. The van der Waals surface area contributed by atoms with Crippen molar-refractivity contribution in [3.8, 4) is 0 Å². The average molecular weight is 219 g/mol. The first kappa shape index (κ1) is 12.6. The summed E-state index contributed by atoms with van der Waals surface area (Å²) in [5, 5.41) is 0. The number of likely N-dealkylation sites (N-methyl/N-ethyl adjacent to an activating group) is 1. The predicted molar refractivity (Wildman–Crippen MR) is 63.7 cm³/mol. The first-order chi connectivity index (χ1) is 7.49. The van der Waals surface area contributed by atoms with E-state index in [0.717, 1.165) is 5.56 Å². The summed E-state index contributed by atoms with van der Waals surface area (Å²) in [6.45, 7) is 2.25. The van der Waals surface area contributed by atoms with Crippen LogP contribution in [0.15, 0.2) is 24.3 Å². The Morgan fingerprint density at radius 3 is 2.50 bits per heavy atom. The molecule has 86 valence electrons. The summed E-state index contributed by atoms with van der Waals surface area (Å²) in [6.07, 6.45) is -0.0123. The molecule has 1 aromatic rings. The Hall–Kier alpha value is -1.48. The van der Waals surface area contributed by atoms with E-state index in [1.807, 2.05) is 39.2 Å². The Morgan fingerprint density at radius 1 is 1.25 bits per heavy atom. The van der Waals surface area contributed by atoms with Crippen LogP contribution in [0.2, 0.25) is 0 Å². The molecular weight excluding hydrogens is 202 g/mol. The molecule has 3 heteroatoms. The second-order valence-corrected chi connectivity index (χ2v) is 4.25. The molecule has 0 amide bonds. The molecule has 1 aromatic carbocycles. The Kier molecular flexibility index (Phi) is 4.38. The summed E-state index contributed by atoms with van der Waals surface area (Å²) in [5.74, 6) is -0.146. The van der Waals surface area contributed by atoms with Crippen LogP contribution in [0.5, 0.6) is 0 Å². The standard InChI is InChI=1S/C13H17NO2/c1-10-5-4-6-11(7-10)13(16)8-12(15)9-14(2)3/h4-7H,8-9H2,1-3H3. The van der Waals surface area contributed by atoms with E-state index in [-0.39, 0.29) is 18.0 Å². The number of ketones is 2. The summed E-state index contributed by atoms with van der Waals surface area (Å²) >= 11 is 0. The van der Waals surface area contributed by atoms with Crippen molar-refractivity contribution in [2.24, 2.45) is 0 Å². The van der Waals surface area contributed by atoms with Crippen LogP contribution in [0.1, 0.15) is 22.3 Å². The van der Waals surface area contributed by atoms with E-state index in [2.05, 4.69) is 0 Å². The lowest BCUT2D eigenvalue weighted by molar-refractivity contribution is -0.118. The van der Waals surface area contributed by atoms with Gasteiger partial charge in [-0.25, -0.2) is 0 Å². The van der Waals surface area contributed by atoms with E-state index in [4.69, 9.17) is 0 Å². The molecular formula is C13H17NO2. The van der Waals surface area contributed by atoms with Crippen LogP contribution in [0.4, 0.5) is 0 Å². The molecule has 1 rings (SSSR count). The summed E-state index contributed by atoms with van der Waals surface area (Å²) in [5.41, 5.74) is 1.65. The Bertz CT molecular complexity index is 397. The van der Waals surface area contributed by atoms with Crippen LogP contribution in [-0.4, -0.2) is 37.1 Å². The molecule has 0 fully saturated rings. The maximum absolute atomic E-state index is 11.7. The maximum atomic E-state index is 11.7. The minimum atomic E-state index is -0.101. The molecule has 0 saturated heterocycles. The van der Waals surface area contributed by atoms with Gasteiger partial charge in [-0.3, -0.25) is 9.59 Å². The number of rotatable bonds is 5. The smallest absolute Gasteiger partial charge is 0.170 e. The van der Waals surface area contributed by atoms with E-state index in [9.17, 15) is 9.59 Å². The van der Waals surface area contributed by atoms with Crippen molar-refractivity contribution >= 4 is 11.6 Å². The van der Waals surface area contributed by atoms with Gasteiger partial charge in [-0.1, -0.05) is 23.8 Å². The van der Waals surface area contributed by atoms with Crippen molar-refractivity contribution in [1.82, 2.24) is 4.90 Å². The third kappa shape index (κ3) is 3.95. The van der Waals surface area contributed by atoms with Crippen molar-refractivity contribution in [3.05, 3.63) is 35.4 Å². The molecule has 0 saturated carbocycles. The van der Waals surface area contributed by atoms with E-state index in [1.54, 1.807) is 11.0 Å². The molecule has 16 heavy (non-hydrogen) atoms. The quantitative estimate of drug-likeness (QED) is 0.558. The largest absolute Gasteiger partial charge is 0.302 e. The lowest BCUT2D eigenvalue weighted by Crippen LogP contribution is -2.23. The van der Waals surface area contributed by atoms with Gasteiger partial charge in [0.05, 0.1) is 13.0 Å². The van der Waals surface area contributed by atoms with Crippen molar-refractivity contribution in [1.29, 1.82) is 0 Å². The Labute approximate surface area is 96.1 Å². The van der Waals surface area contributed by atoms with Gasteiger partial charge in [0.15, 0.2) is 11.6 Å². The van der Waals surface area contributed by atoms with Crippen LogP contribution in [0.25, 0.3) is 0 Å². The van der Waals surface area contributed by atoms with Gasteiger partial charge in [-0.15, -0.1) is 0 Å². The third-order valence-corrected chi connectivity index (χ3v) is 2.19. The fourth-order valence-electron chi connectivity index (χ4n) is 1.51. The normalized spacial score (nSPS) is 10.5. The number of aryl methyl sites for hydroxylation is 1. The number of hydrogen-bond donors (Lipinski definition) is 0. The van der Waals surface area contributed by atoms with E-state index >= 15 is 0 Å². The van der Waals surface area contributed by atoms with Gasteiger partial charge in [-0.2, -0.15) is 0 Å². The van der Waals surface area contributed by atoms with Crippen LogP contribution in [0, 0.1) is 6.92 Å². The zero-order valence-corrected chi connectivity index (χ0v) is 9.99. The monoisotopic (exact) mass is 219 g/mol. The molecule has 0 radical (unpaired) electrons. The Morgan fingerprint density at radius 2 is 1.94 bits per heavy atom. The molecule has 0 spiro atoms. The van der Waals surface area contributed by atoms with Crippen LogP contribution in [-0.2, 0) is 4.79 Å². The highest BCUT2D eigenvalue weighted by atomic mass is 16.1. The molecule has 0 bridgehead atoms. The number of benzene rings is 1. The third-order valence-electron chi connectivity index (χ3n) is 2.19. The number of carbonyl (C=O) groups is 2. The van der Waals surface area contributed by atoms with E-state index < -0.39 is 0 Å². The summed E-state index contributed by atoms with van der Waals surface area (Å²) in [7, 11) is 3.63. The summed E-state index contributed by atoms with van der Waals surface area (Å²) in [6, 6.07) is 7.32. The van der Waals surface area contributed by atoms with Crippen molar-refractivity contribution in [2.45, 2.75) is 13.3 Å². The molecule has 3 nitrogen and oxygen atoms in total. The maximum Gasteiger partial charge on any atom is 0.170 e. The molecule has 0 unspecified atom stereocenters. The van der Waals surface area contributed by atoms with Crippen molar-refractivity contribution in [3.63, 3.8) is 0 Å². The van der Waals surface area contributed by atoms with Crippen LogP contribution >= 0.6 is 0 Å². The number of carbonyl (C=O) groups excluding carboxylic acids is 2. The lowest BCUT2D eigenvalue weighted by atomic mass is 10.0. The zero-order chi connectivity index (χ0) is 12.1. The van der Waals surface area contributed by atoms with Gasteiger partial charge in [-0.05, 0) is 27.1 Å². The molecule has 0 N–H and O–H groups in total. The molecule has 0 aliphatic carbocycles. The van der Waals surface area contributed by atoms with E-state index in [0.29, 0.717) is 12.1 Å². The minimum absolute atomic E-state index is 0.0123. The van der Waals surface area contributed by atoms with Crippen molar-refractivity contribution in [2.75, 3.05) is 20.6 Å². The van der Waals surface area contributed by atoms with Gasteiger partial charge >= 0.3 is 0 Å². The van der Waals surface area contributed by atoms with Gasteiger partial charge in [0, 0.05) is 5.56 Å². The topological polar surface area (TPSA) is 37.4 Å². The highest BCUT2D eigenvalue weighted by Gasteiger charge is 2.12. The zero-order valence-electron chi connectivity index (χ0n) is 9.99. The molecule has 0 aromatic heterocycles. The van der Waals surface area contributed by atoms with Gasteiger partial charge in [0.2, 0.25) is 0 Å². The molecule has 0 heterocycles. The SMILES string of the molecule is Cc1cccc(C(=O)CC(=O)CN(C)C)c1. The first-order valence-corrected chi connectivity index (χ1v) is 5.25. The second-order valence-electron chi connectivity index (χ2n) is 4.25. The molecule has 0 aliphatic heterocycles. The second kappa shape index (κ2) is 5.56. The predicted octanol–water partition coefficient (Wildman–Crippen LogP) is 1.70. The van der Waals surface area contributed by atoms with Gasteiger partial charge < -0.3 is 4.90 Å². The average Bonchev–Trinajstić information content (AvgIpc) is 2.16. The highest BCUT2D eigenvalue weighted by Crippen LogP contribution is 2.07. The number of hydrogen-bond acceptors (Lipinski definition) is 3. The summed E-state index contributed by atoms with van der Waals surface area (Å²) in [4.78, 5) is 25.0. The van der Waals surface area contributed by atoms with Gasteiger partial charge in [0.1, 0.15) is 0 Å². The van der Waals surface area contributed by atoms with Crippen molar-refractivity contribution < 1.29 is 9.59 Å². The fraction of sp³-hybridized carbons (Fsp3) is 0.385. The highest BCUT2D eigenvalue weighted by molar-refractivity contribution is 6.08. The number of Topliss-reactive ketones (excluding diaryl/α,β-unsaturated/α-hetero) is 2. The molecule has 0 atom stereocenters. The first-order valence-electron chi connectivity index (χ1n) is 5.25. The summed E-state index contributed by atoms with van der Waals surface area (Å²) < 4.78 is 0. The van der Waals surface area contributed by atoms with E-state index in [1.165, 1.54) is 0 Å². The minimum Gasteiger partial charge on any atom is -0.302 e.